The molecule has 1 aromatic carbocycles. The third-order valence-corrected chi connectivity index (χ3v) is 4.10. The van der Waals surface area contributed by atoms with Gasteiger partial charge < -0.3 is 10.1 Å². The summed E-state index contributed by atoms with van der Waals surface area (Å²) < 4.78 is 5.11. The Morgan fingerprint density at radius 2 is 1.90 bits per heavy atom. The number of hydrogen-bond donors (Lipinski definition) is 1. The van der Waals surface area contributed by atoms with E-state index in [-0.39, 0.29) is 25.0 Å². The lowest BCUT2D eigenvalue weighted by atomic mass is 9.89. The number of hydrogen-bond acceptors (Lipinski definition) is 3. The Kier molecular flexibility index (Phi) is 6.05. The number of halogens is 1. The number of amides is 1. The lowest BCUT2D eigenvalue weighted by molar-refractivity contribution is -0.145. The van der Waals surface area contributed by atoms with Crippen LogP contribution in [0, 0.1) is 5.92 Å². The standard InChI is InChI=1S/C16H20ClNO3/c17-14-9-5-4-8-13(14)11-21-15(19)10-18-16(20)12-6-2-1-3-7-12/h4-5,8-9,12H,1-3,6-7,10-11H2,(H,18,20). The van der Waals surface area contributed by atoms with Gasteiger partial charge in [0.15, 0.2) is 0 Å². The summed E-state index contributed by atoms with van der Waals surface area (Å²) in [5.74, 6) is -0.432. The highest BCUT2D eigenvalue weighted by Gasteiger charge is 2.21. The third kappa shape index (κ3) is 5.05. The summed E-state index contributed by atoms with van der Waals surface area (Å²) in [5.41, 5.74) is 0.756. The van der Waals surface area contributed by atoms with Gasteiger partial charge in [-0.2, -0.15) is 0 Å². The zero-order valence-corrected chi connectivity index (χ0v) is 12.7. The van der Waals surface area contributed by atoms with Crippen LogP contribution >= 0.6 is 11.6 Å². The summed E-state index contributed by atoms with van der Waals surface area (Å²) in [6.07, 6.45) is 5.22. The summed E-state index contributed by atoms with van der Waals surface area (Å²) in [5, 5.41) is 3.22. The SMILES string of the molecule is O=C(CNC(=O)C1CCCCC1)OCc1ccccc1Cl. The molecule has 4 nitrogen and oxygen atoms in total. The number of rotatable bonds is 5. The van der Waals surface area contributed by atoms with Crippen molar-refractivity contribution in [1.29, 1.82) is 0 Å². The predicted octanol–water partition coefficient (Wildman–Crippen LogP) is 3.08. The molecule has 1 fully saturated rings. The minimum absolute atomic E-state index is 0.0376. The molecule has 1 N–H and O–H groups in total. The Balaban J connectivity index is 1.70. The molecule has 0 spiro atoms. The zero-order valence-electron chi connectivity index (χ0n) is 11.9. The van der Waals surface area contributed by atoms with E-state index in [2.05, 4.69) is 5.32 Å². The molecule has 5 heteroatoms. The molecule has 1 amide bonds. The van der Waals surface area contributed by atoms with E-state index in [0.717, 1.165) is 31.2 Å². The highest BCUT2D eigenvalue weighted by molar-refractivity contribution is 6.31. The number of benzene rings is 1. The van der Waals surface area contributed by atoms with Gasteiger partial charge in [-0.05, 0) is 18.9 Å². The molecule has 2 rings (SSSR count). The van der Waals surface area contributed by atoms with Crippen LogP contribution in [-0.2, 0) is 20.9 Å². The van der Waals surface area contributed by atoms with Gasteiger partial charge in [-0.3, -0.25) is 9.59 Å². The first kappa shape index (κ1) is 15.8. The van der Waals surface area contributed by atoms with Gasteiger partial charge in [-0.15, -0.1) is 0 Å². The first-order chi connectivity index (χ1) is 10.2. The molecule has 1 aromatic rings. The molecule has 0 aromatic heterocycles. The molecule has 0 radical (unpaired) electrons. The molecule has 1 aliphatic carbocycles. The van der Waals surface area contributed by atoms with Crippen molar-refractivity contribution in [3.63, 3.8) is 0 Å². The highest BCUT2D eigenvalue weighted by Crippen LogP contribution is 2.23. The second-order valence-corrected chi connectivity index (χ2v) is 5.71. The first-order valence-corrected chi connectivity index (χ1v) is 7.71. The van der Waals surface area contributed by atoms with Gasteiger partial charge in [0.25, 0.3) is 0 Å². The monoisotopic (exact) mass is 309 g/mol. The van der Waals surface area contributed by atoms with E-state index in [4.69, 9.17) is 16.3 Å². The molecule has 0 unspecified atom stereocenters. The fourth-order valence-corrected chi connectivity index (χ4v) is 2.68. The van der Waals surface area contributed by atoms with E-state index in [0.29, 0.717) is 5.02 Å². The van der Waals surface area contributed by atoms with Crippen LogP contribution in [0.2, 0.25) is 5.02 Å². The number of ether oxygens (including phenoxy) is 1. The third-order valence-electron chi connectivity index (χ3n) is 3.73. The zero-order chi connectivity index (χ0) is 15.1. The quantitative estimate of drug-likeness (QED) is 0.850. The van der Waals surface area contributed by atoms with Crippen LogP contribution in [0.15, 0.2) is 24.3 Å². The van der Waals surface area contributed by atoms with E-state index in [1.165, 1.54) is 6.42 Å². The van der Waals surface area contributed by atoms with E-state index in [9.17, 15) is 9.59 Å². The maximum Gasteiger partial charge on any atom is 0.325 e. The lowest BCUT2D eigenvalue weighted by Crippen LogP contribution is -2.36. The van der Waals surface area contributed by atoms with Crippen LogP contribution in [0.5, 0.6) is 0 Å². The molecular weight excluding hydrogens is 290 g/mol. The topological polar surface area (TPSA) is 55.4 Å². The second kappa shape index (κ2) is 8.03. The fraction of sp³-hybridized carbons (Fsp3) is 0.500. The molecule has 1 aliphatic rings. The van der Waals surface area contributed by atoms with Crippen molar-refractivity contribution in [2.75, 3.05) is 6.54 Å². The predicted molar refractivity (Wildman–Crippen MR) is 80.8 cm³/mol. The van der Waals surface area contributed by atoms with Crippen LogP contribution in [-0.4, -0.2) is 18.4 Å². The van der Waals surface area contributed by atoms with Gasteiger partial charge in [-0.25, -0.2) is 0 Å². The number of carbonyl (C=O) groups is 2. The molecule has 0 heterocycles. The van der Waals surface area contributed by atoms with Crippen molar-refractivity contribution in [3.05, 3.63) is 34.9 Å². The minimum Gasteiger partial charge on any atom is -0.459 e. The van der Waals surface area contributed by atoms with Crippen LogP contribution in [0.25, 0.3) is 0 Å². The maximum atomic E-state index is 11.9. The molecule has 0 atom stereocenters. The van der Waals surface area contributed by atoms with Crippen molar-refractivity contribution in [1.82, 2.24) is 5.32 Å². The minimum atomic E-state index is -0.445. The van der Waals surface area contributed by atoms with Crippen LogP contribution < -0.4 is 5.32 Å². The smallest absolute Gasteiger partial charge is 0.325 e. The normalized spacial score (nSPS) is 15.5. The first-order valence-electron chi connectivity index (χ1n) is 7.33. The number of nitrogens with one attached hydrogen (secondary N) is 1. The van der Waals surface area contributed by atoms with Crippen molar-refractivity contribution < 1.29 is 14.3 Å². The van der Waals surface area contributed by atoms with Crippen molar-refractivity contribution in [2.45, 2.75) is 38.7 Å². The van der Waals surface area contributed by atoms with Gasteiger partial charge in [0.05, 0.1) is 0 Å². The summed E-state index contributed by atoms with van der Waals surface area (Å²) in [6.45, 7) is 0.0393. The van der Waals surface area contributed by atoms with Gasteiger partial charge in [0, 0.05) is 16.5 Å². The van der Waals surface area contributed by atoms with E-state index >= 15 is 0 Å². The van der Waals surface area contributed by atoms with Gasteiger partial charge in [0.1, 0.15) is 13.2 Å². The molecular formula is C16H20ClNO3. The van der Waals surface area contributed by atoms with E-state index < -0.39 is 5.97 Å². The molecule has 0 saturated heterocycles. The molecule has 1 saturated carbocycles. The maximum absolute atomic E-state index is 11.9. The summed E-state index contributed by atoms with van der Waals surface area (Å²) >= 11 is 5.98. The Bertz CT molecular complexity index is 498. The lowest BCUT2D eigenvalue weighted by Gasteiger charge is -2.20. The summed E-state index contributed by atoms with van der Waals surface area (Å²) in [4.78, 5) is 23.5. The summed E-state index contributed by atoms with van der Waals surface area (Å²) in [6, 6.07) is 7.20. The number of esters is 1. The Morgan fingerprint density at radius 3 is 2.62 bits per heavy atom. The molecule has 114 valence electrons. The van der Waals surface area contributed by atoms with Crippen LogP contribution in [0.4, 0.5) is 0 Å². The van der Waals surface area contributed by atoms with Crippen molar-refractivity contribution in [2.24, 2.45) is 5.92 Å². The van der Waals surface area contributed by atoms with Gasteiger partial charge >= 0.3 is 5.97 Å². The van der Waals surface area contributed by atoms with Crippen LogP contribution in [0.1, 0.15) is 37.7 Å². The molecule has 21 heavy (non-hydrogen) atoms. The van der Waals surface area contributed by atoms with Crippen molar-refractivity contribution >= 4 is 23.5 Å². The average Bonchev–Trinajstić information content (AvgIpc) is 2.52. The largest absolute Gasteiger partial charge is 0.459 e. The Labute approximate surface area is 129 Å². The highest BCUT2D eigenvalue weighted by atomic mass is 35.5. The average molecular weight is 310 g/mol. The van der Waals surface area contributed by atoms with Gasteiger partial charge in [0.2, 0.25) is 5.91 Å². The second-order valence-electron chi connectivity index (χ2n) is 5.30. The van der Waals surface area contributed by atoms with Gasteiger partial charge in [-0.1, -0.05) is 49.1 Å². The van der Waals surface area contributed by atoms with Crippen molar-refractivity contribution in [3.8, 4) is 0 Å². The number of carbonyl (C=O) groups excluding carboxylic acids is 2. The molecule has 0 bridgehead atoms. The molecule has 0 aliphatic heterocycles. The fourth-order valence-electron chi connectivity index (χ4n) is 2.49. The van der Waals surface area contributed by atoms with Crippen LogP contribution in [0.3, 0.4) is 0 Å². The Hall–Kier alpha value is -1.55. The van der Waals surface area contributed by atoms with E-state index in [1.54, 1.807) is 12.1 Å². The summed E-state index contributed by atoms with van der Waals surface area (Å²) in [7, 11) is 0. The van der Waals surface area contributed by atoms with E-state index in [1.807, 2.05) is 12.1 Å². The Morgan fingerprint density at radius 1 is 1.19 bits per heavy atom.